The maximum absolute atomic E-state index is 12.5. The van der Waals surface area contributed by atoms with E-state index in [-0.39, 0.29) is 18.0 Å². The van der Waals surface area contributed by atoms with Crippen LogP contribution in [0, 0.1) is 10.5 Å². The summed E-state index contributed by atoms with van der Waals surface area (Å²) in [7, 11) is 1.50. The molecule has 0 atom stereocenters. The van der Waals surface area contributed by atoms with Crippen LogP contribution in [0.5, 0.6) is 11.5 Å². The molecule has 0 aromatic heterocycles. The van der Waals surface area contributed by atoms with E-state index in [9.17, 15) is 9.59 Å². The molecule has 0 heterocycles. The number of ketones is 1. The standard InChI is InChI=1S/C24H20ClIO5/c1-15-3-5-16(6-4-15)13-30-23-20(26)11-18(12-22(23)29-2)24(28)31-14-21(27)17-7-9-19(25)10-8-17/h3-12H,13-14H2,1-2H3. The van der Waals surface area contributed by atoms with Crippen LogP contribution in [-0.4, -0.2) is 25.5 Å². The molecule has 0 spiro atoms. The third-order valence-corrected chi connectivity index (χ3v) is 5.52. The van der Waals surface area contributed by atoms with Gasteiger partial charge in [0.2, 0.25) is 0 Å². The summed E-state index contributed by atoms with van der Waals surface area (Å²) in [5.41, 5.74) is 2.89. The second kappa shape index (κ2) is 10.6. The zero-order valence-corrected chi connectivity index (χ0v) is 19.9. The number of methoxy groups -OCH3 is 1. The molecule has 0 unspecified atom stereocenters. The maximum atomic E-state index is 12.5. The Hall–Kier alpha value is -2.58. The highest BCUT2D eigenvalue weighted by atomic mass is 127. The van der Waals surface area contributed by atoms with E-state index >= 15 is 0 Å². The lowest BCUT2D eigenvalue weighted by Gasteiger charge is -2.14. The van der Waals surface area contributed by atoms with Crippen molar-refractivity contribution < 1.29 is 23.8 Å². The topological polar surface area (TPSA) is 61.8 Å². The Morgan fingerprint density at radius 1 is 0.968 bits per heavy atom. The molecule has 0 radical (unpaired) electrons. The number of carbonyl (C=O) groups is 2. The first-order valence-corrected chi connectivity index (χ1v) is 10.8. The molecule has 31 heavy (non-hydrogen) atoms. The third kappa shape index (κ3) is 6.21. The predicted octanol–water partition coefficient (Wildman–Crippen LogP) is 5.88. The monoisotopic (exact) mass is 550 g/mol. The van der Waals surface area contributed by atoms with Crippen molar-refractivity contribution in [3.05, 3.63) is 91.5 Å². The van der Waals surface area contributed by atoms with Gasteiger partial charge in [-0.05, 0) is 71.5 Å². The number of hydrogen-bond donors (Lipinski definition) is 0. The summed E-state index contributed by atoms with van der Waals surface area (Å²) in [4.78, 5) is 24.7. The summed E-state index contributed by atoms with van der Waals surface area (Å²) in [6.45, 7) is 2.02. The van der Waals surface area contributed by atoms with Gasteiger partial charge in [-0.1, -0.05) is 41.4 Å². The first-order chi connectivity index (χ1) is 14.9. The SMILES string of the molecule is COc1cc(C(=O)OCC(=O)c2ccc(Cl)cc2)cc(I)c1OCc1ccc(C)cc1. The summed E-state index contributed by atoms with van der Waals surface area (Å²) in [5, 5.41) is 0.528. The smallest absolute Gasteiger partial charge is 0.338 e. The average molecular weight is 551 g/mol. The van der Waals surface area contributed by atoms with E-state index in [4.69, 9.17) is 25.8 Å². The fourth-order valence-electron chi connectivity index (χ4n) is 2.75. The van der Waals surface area contributed by atoms with Gasteiger partial charge in [0.15, 0.2) is 23.9 Å². The molecule has 0 fully saturated rings. The molecule has 0 saturated heterocycles. The molecule has 0 amide bonds. The largest absolute Gasteiger partial charge is 0.493 e. The van der Waals surface area contributed by atoms with Crippen molar-refractivity contribution in [2.75, 3.05) is 13.7 Å². The zero-order valence-electron chi connectivity index (χ0n) is 17.0. The molecular weight excluding hydrogens is 531 g/mol. The molecule has 5 nitrogen and oxygen atoms in total. The van der Waals surface area contributed by atoms with Crippen molar-refractivity contribution in [1.29, 1.82) is 0 Å². The molecule has 3 aromatic rings. The van der Waals surface area contributed by atoms with Crippen LogP contribution in [0.15, 0.2) is 60.7 Å². The number of aryl methyl sites for hydroxylation is 1. The highest BCUT2D eigenvalue weighted by molar-refractivity contribution is 14.1. The van der Waals surface area contributed by atoms with Gasteiger partial charge in [-0.25, -0.2) is 4.79 Å². The quantitative estimate of drug-likeness (QED) is 0.199. The van der Waals surface area contributed by atoms with Crippen molar-refractivity contribution in [3.8, 4) is 11.5 Å². The van der Waals surface area contributed by atoms with Crippen LogP contribution in [0.4, 0.5) is 0 Å². The number of ether oxygens (including phenoxy) is 3. The lowest BCUT2D eigenvalue weighted by atomic mass is 10.1. The van der Waals surface area contributed by atoms with Crippen molar-refractivity contribution in [2.45, 2.75) is 13.5 Å². The molecule has 0 N–H and O–H groups in total. The number of benzene rings is 3. The number of rotatable bonds is 8. The van der Waals surface area contributed by atoms with Gasteiger partial charge in [-0.15, -0.1) is 0 Å². The van der Waals surface area contributed by atoms with Gasteiger partial charge in [0, 0.05) is 10.6 Å². The van der Waals surface area contributed by atoms with Crippen LogP contribution in [0.25, 0.3) is 0 Å². The minimum Gasteiger partial charge on any atom is -0.493 e. The Morgan fingerprint density at radius 2 is 1.65 bits per heavy atom. The second-order valence-electron chi connectivity index (χ2n) is 6.77. The van der Waals surface area contributed by atoms with Gasteiger partial charge in [0.05, 0.1) is 16.2 Å². The van der Waals surface area contributed by atoms with Crippen LogP contribution in [0.2, 0.25) is 5.02 Å². The van der Waals surface area contributed by atoms with E-state index < -0.39 is 5.97 Å². The first kappa shape index (κ1) is 23.1. The van der Waals surface area contributed by atoms with Gasteiger partial charge < -0.3 is 14.2 Å². The fraction of sp³-hybridized carbons (Fsp3) is 0.167. The van der Waals surface area contributed by atoms with Crippen molar-refractivity contribution >= 4 is 45.9 Å². The molecular formula is C24H20ClIO5. The first-order valence-electron chi connectivity index (χ1n) is 9.39. The molecule has 0 aliphatic carbocycles. The highest BCUT2D eigenvalue weighted by Crippen LogP contribution is 2.34. The lowest BCUT2D eigenvalue weighted by molar-refractivity contribution is 0.0474. The van der Waals surface area contributed by atoms with E-state index in [1.165, 1.54) is 12.7 Å². The van der Waals surface area contributed by atoms with Gasteiger partial charge in [0.1, 0.15) is 6.61 Å². The second-order valence-corrected chi connectivity index (χ2v) is 8.37. The molecule has 0 saturated carbocycles. The molecule has 0 aliphatic heterocycles. The van der Waals surface area contributed by atoms with Crippen molar-refractivity contribution in [1.82, 2.24) is 0 Å². The van der Waals surface area contributed by atoms with Gasteiger partial charge in [-0.2, -0.15) is 0 Å². The Kier molecular flexibility index (Phi) is 7.92. The van der Waals surface area contributed by atoms with Gasteiger partial charge in [0.25, 0.3) is 0 Å². The molecule has 0 aliphatic rings. The molecule has 0 bridgehead atoms. The number of hydrogen-bond acceptors (Lipinski definition) is 5. The Labute approximate surface area is 199 Å². The van der Waals surface area contributed by atoms with E-state index in [2.05, 4.69) is 22.6 Å². The zero-order chi connectivity index (χ0) is 22.4. The lowest BCUT2D eigenvalue weighted by Crippen LogP contribution is -2.14. The number of carbonyl (C=O) groups excluding carboxylic acids is 2. The van der Waals surface area contributed by atoms with E-state index in [1.54, 1.807) is 36.4 Å². The Balaban J connectivity index is 1.67. The Bertz CT molecular complexity index is 1080. The van der Waals surface area contributed by atoms with Crippen LogP contribution < -0.4 is 9.47 Å². The van der Waals surface area contributed by atoms with E-state index in [1.807, 2.05) is 31.2 Å². The summed E-state index contributed by atoms with van der Waals surface area (Å²) < 4.78 is 17.2. The minimum atomic E-state index is -0.622. The van der Waals surface area contributed by atoms with Crippen LogP contribution in [0.3, 0.4) is 0 Å². The number of Topliss-reactive ketones (excluding diaryl/α,β-unsaturated/α-hetero) is 1. The number of esters is 1. The Morgan fingerprint density at radius 3 is 2.29 bits per heavy atom. The normalized spacial score (nSPS) is 10.5. The predicted molar refractivity (Wildman–Crippen MR) is 127 cm³/mol. The van der Waals surface area contributed by atoms with Crippen LogP contribution >= 0.6 is 34.2 Å². The minimum absolute atomic E-state index is 0.271. The van der Waals surface area contributed by atoms with Crippen molar-refractivity contribution in [3.63, 3.8) is 0 Å². The fourth-order valence-corrected chi connectivity index (χ4v) is 3.63. The highest BCUT2D eigenvalue weighted by Gasteiger charge is 2.18. The average Bonchev–Trinajstić information content (AvgIpc) is 2.77. The number of halogens is 2. The third-order valence-electron chi connectivity index (χ3n) is 4.47. The van der Waals surface area contributed by atoms with Crippen molar-refractivity contribution in [2.24, 2.45) is 0 Å². The van der Waals surface area contributed by atoms with Crippen LogP contribution in [0.1, 0.15) is 31.8 Å². The summed E-state index contributed by atoms with van der Waals surface area (Å²) in [5.74, 6) is 0.0146. The van der Waals surface area contributed by atoms with E-state index in [0.717, 1.165) is 5.56 Å². The van der Waals surface area contributed by atoms with Crippen LogP contribution in [-0.2, 0) is 11.3 Å². The molecule has 3 rings (SSSR count). The summed E-state index contributed by atoms with van der Waals surface area (Å²) >= 11 is 7.90. The van der Waals surface area contributed by atoms with E-state index in [0.29, 0.717) is 32.3 Å². The molecule has 3 aromatic carbocycles. The van der Waals surface area contributed by atoms with Gasteiger partial charge >= 0.3 is 5.97 Å². The van der Waals surface area contributed by atoms with Gasteiger partial charge in [-0.3, -0.25) is 4.79 Å². The summed E-state index contributed by atoms with van der Waals surface area (Å²) in [6.07, 6.45) is 0. The summed E-state index contributed by atoms with van der Waals surface area (Å²) in [6, 6.07) is 17.6. The maximum Gasteiger partial charge on any atom is 0.338 e. The molecule has 7 heteroatoms. The molecule has 160 valence electrons.